The molecule has 0 radical (unpaired) electrons. The number of hydrogen-bond acceptors (Lipinski definition) is 4. The Bertz CT molecular complexity index is 717. The zero-order valence-electron chi connectivity index (χ0n) is 11.7. The summed E-state index contributed by atoms with van der Waals surface area (Å²) in [6.45, 7) is 3.41. The van der Waals surface area contributed by atoms with Gasteiger partial charge in [-0.15, -0.1) is 6.58 Å². The number of rotatable bonds is 5. The first-order valence-corrected chi connectivity index (χ1v) is 8.57. The van der Waals surface area contributed by atoms with Crippen molar-refractivity contribution in [3.05, 3.63) is 41.9 Å². The molecule has 6 nitrogen and oxygen atoms in total. The molecule has 1 N–H and O–H groups in total. The van der Waals surface area contributed by atoms with E-state index in [1.165, 1.54) is 11.0 Å². The van der Waals surface area contributed by atoms with Crippen LogP contribution >= 0.6 is 11.6 Å². The number of halogens is 1. The van der Waals surface area contributed by atoms with Gasteiger partial charge in [0.1, 0.15) is 0 Å². The molecule has 1 atom stereocenters. The van der Waals surface area contributed by atoms with Crippen LogP contribution in [0.3, 0.4) is 0 Å². The maximum absolute atomic E-state index is 12.1. The molecule has 1 heterocycles. The topological polar surface area (TPSA) is 83.5 Å². The Morgan fingerprint density at radius 1 is 1.45 bits per heavy atom. The highest BCUT2D eigenvalue weighted by molar-refractivity contribution is 7.90. The van der Waals surface area contributed by atoms with Gasteiger partial charge in [0, 0.05) is 13.0 Å². The lowest BCUT2D eigenvalue weighted by atomic mass is 10.1. The normalized spacial score (nSPS) is 18.3. The molecule has 2 rings (SSSR count). The van der Waals surface area contributed by atoms with Crippen LogP contribution in [0.15, 0.2) is 36.9 Å². The van der Waals surface area contributed by atoms with Crippen LogP contribution in [0.2, 0.25) is 5.02 Å². The molecule has 1 aliphatic rings. The van der Waals surface area contributed by atoms with Crippen molar-refractivity contribution in [3.8, 4) is 0 Å². The number of nitrogens with one attached hydrogen (secondary N) is 1. The quantitative estimate of drug-likeness (QED) is 0.818. The van der Waals surface area contributed by atoms with E-state index in [9.17, 15) is 18.0 Å². The number of nitrogens with zero attached hydrogens (tertiary/aromatic N) is 1. The van der Waals surface area contributed by atoms with Gasteiger partial charge in [-0.05, 0) is 12.1 Å². The molecule has 0 aromatic heterocycles. The Hall–Kier alpha value is -1.86. The second-order valence-electron chi connectivity index (χ2n) is 4.89. The number of hydrogen-bond donors (Lipinski definition) is 1. The van der Waals surface area contributed by atoms with Gasteiger partial charge in [0.2, 0.25) is 21.8 Å². The van der Waals surface area contributed by atoms with Crippen molar-refractivity contribution in [1.82, 2.24) is 4.72 Å². The molecule has 118 valence electrons. The van der Waals surface area contributed by atoms with E-state index in [2.05, 4.69) is 6.58 Å². The fourth-order valence-corrected chi connectivity index (χ4v) is 3.32. The summed E-state index contributed by atoms with van der Waals surface area (Å²) in [5, 5.41) is 0.399. The zero-order valence-corrected chi connectivity index (χ0v) is 13.2. The van der Waals surface area contributed by atoms with Gasteiger partial charge in [-0.1, -0.05) is 29.8 Å². The lowest BCUT2D eigenvalue weighted by molar-refractivity contribution is -0.124. The van der Waals surface area contributed by atoms with Crippen molar-refractivity contribution < 1.29 is 18.0 Å². The van der Waals surface area contributed by atoms with Crippen LogP contribution in [-0.4, -0.2) is 32.5 Å². The number of amides is 2. The zero-order chi connectivity index (χ0) is 16.3. The molecule has 8 heteroatoms. The molecule has 0 spiro atoms. The van der Waals surface area contributed by atoms with Crippen LogP contribution < -0.4 is 9.62 Å². The molecular formula is C14H15ClN2O4S. The van der Waals surface area contributed by atoms with Crippen LogP contribution in [0.5, 0.6) is 0 Å². The van der Waals surface area contributed by atoms with E-state index >= 15 is 0 Å². The molecule has 0 saturated carbocycles. The van der Waals surface area contributed by atoms with Gasteiger partial charge >= 0.3 is 0 Å². The van der Waals surface area contributed by atoms with E-state index in [0.717, 1.165) is 0 Å². The largest absolute Gasteiger partial charge is 0.310 e. The SMILES string of the molecule is C=CCS(=O)(=O)NC(=O)[C@@H]1CC(=O)N(c2ccccc2Cl)C1. The summed E-state index contributed by atoms with van der Waals surface area (Å²) in [6, 6.07) is 6.79. The van der Waals surface area contributed by atoms with Crippen molar-refractivity contribution in [2.24, 2.45) is 5.92 Å². The number of para-hydroxylation sites is 1. The van der Waals surface area contributed by atoms with E-state index < -0.39 is 21.8 Å². The Morgan fingerprint density at radius 3 is 2.77 bits per heavy atom. The molecular weight excluding hydrogens is 328 g/mol. The average Bonchev–Trinajstić information content (AvgIpc) is 2.81. The second-order valence-corrected chi connectivity index (χ2v) is 7.07. The maximum Gasteiger partial charge on any atom is 0.238 e. The summed E-state index contributed by atoms with van der Waals surface area (Å²) in [5.41, 5.74) is 0.512. The summed E-state index contributed by atoms with van der Waals surface area (Å²) in [7, 11) is -3.75. The van der Waals surface area contributed by atoms with Gasteiger partial charge in [-0.3, -0.25) is 14.3 Å². The van der Waals surface area contributed by atoms with Crippen LogP contribution in [0.4, 0.5) is 5.69 Å². The van der Waals surface area contributed by atoms with Crippen LogP contribution in [0, 0.1) is 5.92 Å². The van der Waals surface area contributed by atoms with Gasteiger partial charge in [0.15, 0.2) is 0 Å². The van der Waals surface area contributed by atoms with Gasteiger partial charge in [0.05, 0.1) is 22.4 Å². The lowest BCUT2D eigenvalue weighted by Gasteiger charge is -2.17. The number of carbonyl (C=O) groups excluding carboxylic acids is 2. The van der Waals surface area contributed by atoms with Crippen LogP contribution in [0.25, 0.3) is 0 Å². The highest BCUT2D eigenvalue weighted by Crippen LogP contribution is 2.31. The third-order valence-corrected chi connectivity index (χ3v) is 4.74. The molecule has 22 heavy (non-hydrogen) atoms. The van der Waals surface area contributed by atoms with Gasteiger partial charge in [-0.2, -0.15) is 0 Å². The van der Waals surface area contributed by atoms with Crippen molar-refractivity contribution in [2.45, 2.75) is 6.42 Å². The Labute approximate surface area is 133 Å². The van der Waals surface area contributed by atoms with Gasteiger partial charge in [0.25, 0.3) is 0 Å². The summed E-state index contributed by atoms with van der Waals surface area (Å²) < 4.78 is 25.1. The van der Waals surface area contributed by atoms with E-state index in [0.29, 0.717) is 10.7 Å². The monoisotopic (exact) mass is 342 g/mol. The first kappa shape index (κ1) is 16.5. The number of anilines is 1. The minimum atomic E-state index is -3.75. The fraction of sp³-hybridized carbons (Fsp3) is 0.286. The molecule has 0 aliphatic carbocycles. The summed E-state index contributed by atoms with van der Waals surface area (Å²) in [5.74, 6) is -2.05. The highest BCUT2D eigenvalue weighted by Gasteiger charge is 2.36. The molecule has 1 saturated heterocycles. The predicted octanol–water partition coefficient (Wildman–Crippen LogP) is 1.32. The predicted molar refractivity (Wildman–Crippen MR) is 84.0 cm³/mol. The molecule has 0 bridgehead atoms. The standard InChI is InChI=1S/C14H15ClN2O4S/c1-2-7-22(20,21)16-14(19)10-8-13(18)17(9-10)12-6-4-3-5-11(12)15/h2-6,10H,1,7-9H2,(H,16,19)/t10-/m1/s1. The molecule has 1 aliphatic heterocycles. The minimum absolute atomic E-state index is 0.0549. The summed E-state index contributed by atoms with van der Waals surface area (Å²) in [4.78, 5) is 25.5. The number of sulfonamides is 1. The van der Waals surface area contributed by atoms with Crippen molar-refractivity contribution in [2.75, 3.05) is 17.2 Å². The molecule has 0 unspecified atom stereocenters. The third kappa shape index (κ3) is 3.66. The van der Waals surface area contributed by atoms with Gasteiger partial charge in [-0.25, -0.2) is 8.42 Å². The molecule has 1 fully saturated rings. The lowest BCUT2D eigenvalue weighted by Crippen LogP contribution is -2.38. The Balaban J connectivity index is 2.11. The molecule has 1 aromatic rings. The first-order chi connectivity index (χ1) is 10.3. The average molecular weight is 343 g/mol. The summed E-state index contributed by atoms with van der Waals surface area (Å²) >= 11 is 6.04. The summed E-state index contributed by atoms with van der Waals surface area (Å²) in [6.07, 6.45) is 1.13. The Kier molecular flexibility index (Phi) is 4.87. The van der Waals surface area contributed by atoms with Crippen molar-refractivity contribution >= 4 is 39.1 Å². The van der Waals surface area contributed by atoms with Crippen LogP contribution in [0.1, 0.15) is 6.42 Å². The minimum Gasteiger partial charge on any atom is -0.310 e. The number of carbonyl (C=O) groups is 2. The molecule has 1 aromatic carbocycles. The van der Waals surface area contributed by atoms with E-state index in [4.69, 9.17) is 11.6 Å². The number of benzene rings is 1. The van der Waals surface area contributed by atoms with Crippen molar-refractivity contribution in [3.63, 3.8) is 0 Å². The maximum atomic E-state index is 12.1. The smallest absolute Gasteiger partial charge is 0.238 e. The van der Waals surface area contributed by atoms with E-state index in [-0.39, 0.29) is 24.6 Å². The fourth-order valence-electron chi connectivity index (χ4n) is 2.22. The van der Waals surface area contributed by atoms with E-state index in [1.54, 1.807) is 24.3 Å². The highest BCUT2D eigenvalue weighted by atomic mass is 35.5. The van der Waals surface area contributed by atoms with Crippen molar-refractivity contribution in [1.29, 1.82) is 0 Å². The van der Waals surface area contributed by atoms with Crippen LogP contribution in [-0.2, 0) is 19.6 Å². The molecule has 2 amide bonds. The van der Waals surface area contributed by atoms with Gasteiger partial charge < -0.3 is 4.90 Å². The first-order valence-electron chi connectivity index (χ1n) is 6.54. The Morgan fingerprint density at radius 2 is 2.14 bits per heavy atom. The third-order valence-electron chi connectivity index (χ3n) is 3.23. The second kappa shape index (κ2) is 6.50. The van der Waals surface area contributed by atoms with E-state index in [1.807, 2.05) is 4.72 Å².